The van der Waals surface area contributed by atoms with E-state index in [-0.39, 0.29) is 9.77 Å². The Kier molecular flexibility index (Phi) is 5.23. The summed E-state index contributed by atoms with van der Waals surface area (Å²) in [5.41, 5.74) is -0.455. The lowest BCUT2D eigenvalue weighted by Gasteiger charge is -2.20. The molecule has 0 aromatic carbocycles. The molecule has 1 rings (SSSR count). The number of halogens is 3. The van der Waals surface area contributed by atoms with Crippen LogP contribution in [0.25, 0.3) is 0 Å². The standard InChI is InChI=1S/C11H16F3NO3S2/c1-10(2,3)15-20(16,17)9-8(4-5-19-9)6-18-7-11(12,13)14/h4-5,15H,6-7H2,1-3H3. The molecule has 116 valence electrons. The second kappa shape index (κ2) is 6.00. The van der Waals surface area contributed by atoms with Crippen LogP contribution in [0.3, 0.4) is 0 Å². The van der Waals surface area contributed by atoms with Crippen LogP contribution in [-0.4, -0.2) is 26.7 Å². The maximum atomic E-state index is 12.1. The highest BCUT2D eigenvalue weighted by molar-refractivity contribution is 7.91. The van der Waals surface area contributed by atoms with Crippen molar-refractivity contribution in [2.24, 2.45) is 0 Å². The van der Waals surface area contributed by atoms with Crippen LogP contribution in [0.5, 0.6) is 0 Å². The summed E-state index contributed by atoms with van der Waals surface area (Å²) in [4.78, 5) is 0. The lowest BCUT2D eigenvalue weighted by Crippen LogP contribution is -2.40. The maximum Gasteiger partial charge on any atom is 0.411 e. The molecule has 1 N–H and O–H groups in total. The Morgan fingerprint density at radius 3 is 2.40 bits per heavy atom. The van der Waals surface area contributed by atoms with Crippen LogP contribution in [0.15, 0.2) is 15.7 Å². The molecule has 0 saturated heterocycles. The van der Waals surface area contributed by atoms with Crippen LogP contribution in [-0.2, 0) is 21.4 Å². The number of ether oxygens (including phenoxy) is 1. The van der Waals surface area contributed by atoms with Gasteiger partial charge in [0.2, 0.25) is 0 Å². The molecule has 4 nitrogen and oxygen atoms in total. The molecule has 0 amide bonds. The lowest BCUT2D eigenvalue weighted by atomic mass is 10.1. The fraction of sp³-hybridized carbons (Fsp3) is 0.636. The van der Waals surface area contributed by atoms with Crippen LogP contribution in [0.1, 0.15) is 26.3 Å². The number of hydrogen-bond donors (Lipinski definition) is 1. The first-order valence-corrected chi connectivity index (χ1v) is 8.02. The molecular weight excluding hydrogens is 315 g/mol. The third-order valence-electron chi connectivity index (χ3n) is 1.91. The highest BCUT2D eigenvalue weighted by Gasteiger charge is 2.29. The van der Waals surface area contributed by atoms with Crippen molar-refractivity contribution >= 4 is 21.4 Å². The van der Waals surface area contributed by atoms with Crippen molar-refractivity contribution in [1.29, 1.82) is 0 Å². The first-order chi connectivity index (χ1) is 8.91. The van der Waals surface area contributed by atoms with Gasteiger partial charge in [-0.15, -0.1) is 11.3 Å². The molecule has 0 bridgehead atoms. The van der Waals surface area contributed by atoms with E-state index < -0.39 is 35.0 Å². The van der Waals surface area contributed by atoms with Gasteiger partial charge in [0, 0.05) is 11.1 Å². The summed E-state index contributed by atoms with van der Waals surface area (Å²) in [6.07, 6.45) is -4.43. The van der Waals surface area contributed by atoms with E-state index in [0.29, 0.717) is 0 Å². The van der Waals surface area contributed by atoms with Crippen LogP contribution < -0.4 is 4.72 Å². The van der Waals surface area contributed by atoms with Gasteiger partial charge in [-0.1, -0.05) is 0 Å². The van der Waals surface area contributed by atoms with Gasteiger partial charge in [0.1, 0.15) is 10.8 Å². The largest absolute Gasteiger partial charge is 0.411 e. The van der Waals surface area contributed by atoms with Gasteiger partial charge in [-0.25, -0.2) is 13.1 Å². The van der Waals surface area contributed by atoms with Gasteiger partial charge in [0.05, 0.1) is 6.61 Å². The van der Waals surface area contributed by atoms with Gasteiger partial charge in [0.15, 0.2) is 0 Å². The second-order valence-electron chi connectivity index (χ2n) is 5.20. The van der Waals surface area contributed by atoms with Crippen molar-refractivity contribution in [1.82, 2.24) is 4.72 Å². The molecule has 0 radical (unpaired) electrons. The number of alkyl halides is 3. The highest BCUT2D eigenvalue weighted by atomic mass is 32.2. The molecule has 1 aromatic heterocycles. The quantitative estimate of drug-likeness (QED) is 0.902. The minimum atomic E-state index is -4.43. The summed E-state index contributed by atoms with van der Waals surface area (Å²) in [6, 6.07) is 1.44. The van der Waals surface area contributed by atoms with Crippen LogP contribution in [0, 0.1) is 0 Å². The molecule has 0 aliphatic rings. The van der Waals surface area contributed by atoms with Crippen LogP contribution in [0.4, 0.5) is 13.2 Å². The number of thiophene rings is 1. The van der Waals surface area contributed by atoms with Gasteiger partial charge in [-0.3, -0.25) is 0 Å². The summed E-state index contributed by atoms with van der Waals surface area (Å²) in [5, 5.41) is 1.50. The average molecular weight is 331 g/mol. The SMILES string of the molecule is CC(C)(C)NS(=O)(=O)c1sccc1COCC(F)(F)F. The third-order valence-corrected chi connectivity index (χ3v) is 5.24. The molecule has 0 unspecified atom stereocenters. The molecule has 0 spiro atoms. The first-order valence-electron chi connectivity index (χ1n) is 5.65. The van der Waals surface area contributed by atoms with E-state index in [1.165, 1.54) is 11.4 Å². The monoisotopic (exact) mass is 331 g/mol. The molecule has 0 aliphatic carbocycles. The van der Waals surface area contributed by atoms with E-state index in [9.17, 15) is 21.6 Å². The lowest BCUT2D eigenvalue weighted by molar-refractivity contribution is -0.176. The zero-order valence-electron chi connectivity index (χ0n) is 11.2. The first kappa shape index (κ1) is 17.4. The van der Waals surface area contributed by atoms with Crippen LogP contribution >= 0.6 is 11.3 Å². The molecule has 0 fully saturated rings. The average Bonchev–Trinajstić information content (AvgIpc) is 2.60. The maximum absolute atomic E-state index is 12.1. The number of nitrogens with one attached hydrogen (secondary N) is 1. The van der Waals surface area contributed by atoms with Crippen molar-refractivity contribution in [3.8, 4) is 0 Å². The van der Waals surface area contributed by atoms with Crippen molar-refractivity contribution in [2.45, 2.75) is 43.3 Å². The third kappa shape index (κ3) is 5.78. The fourth-order valence-corrected chi connectivity index (χ4v) is 4.19. The predicted octanol–water partition coefficient (Wildman–Crippen LogP) is 2.90. The zero-order chi connectivity index (χ0) is 15.6. The smallest absolute Gasteiger partial charge is 0.367 e. The Hall–Kier alpha value is -0.640. The van der Waals surface area contributed by atoms with E-state index in [1.54, 1.807) is 20.8 Å². The van der Waals surface area contributed by atoms with E-state index in [4.69, 9.17) is 0 Å². The minimum absolute atomic E-state index is 0.0189. The fourth-order valence-electron chi connectivity index (χ4n) is 1.39. The van der Waals surface area contributed by atoms with Gasteiger partial charge in [0.25, 0.3) is 10.0 Å². The Bertz CT molecular complexity index is 544. The molecule has 0 aliphatic heterocycles. The predicted molar refractivity (Wildman–Crippen MR) is 70.1 cm³/mol. The van der Waals surface area contributed by atoms with Crippen LogP contribution in [0.2, 0.25) is 0 Å². The molecule has 1 heterocycles. The van der Waals surface area contributed by atoms with E-state index in [2.05, 4.69) is 9.46 Å². The topological polar surface area (TPSA) is 55.4 Å². The Labute approximate surface area is 120 Å². The van der Waals surface area contributed by atoms with Gasteiger partial charge in [-0.2, -0.15) is 13.2 Å². The molecule has 9 heteroatoms. The summed E-state index contributed by atoms with van der Waals surface area (Å²) < 4.78 is 67.1. The summed E-state index contributed by atoms with van der Waals surface area (Å²) in [6.45, 7) is 3.23. The summed E-state index contributed by atoms with van der Waals surface area (Å²) >= 11 is 0.943. The Morgan fingerprint density at radius 1 is 1.30 bits per heavy atom. The summed E-state index contributed by atoms with van der Waals surface area (Å²) in [7, 11) is -3.76. The van der Waals surface area contributed by atoms with E-state index in [0.717, 1.165) is 11.3 Å². The molecule has 1 aromatic rings. The van der Waals surface area contributed by atoms with Gasteiger partial charge < -0.3 is 4.74 Å². The molecule has 20 heavy (non-hydrogen) atoms. The number of sulfonamides is 1. The summed E-state index contributed by atoms with van der Waals surface area (Å²) in [5.74, 6) is 0. The van der Waals surface area contributed by atoms with Crippen molar-refractivity contribution < 1.29 is 26.3 Å². The van der Waals surface area contributed by atoms with E-state index in [1.807, 2.05) is 0 Å². The number of rotatable bonds is 5. The normalized spacial score (nSPS) is 13.7. The molecular formula is C11H16F3NO3S2. The number of hydrogen-bond acceptors (Lipinski definition) is 4. The van der Waals surface area contributed by atoms with Crippen molar-refractivity contribution in [2.75, 3.05) is 6.61 Å². The Morgan fingerprint density at radius 2 is 1.90 bits per heavy atom. The van der Waals surface area contributed by atoms with Crippen molar-refractivity contribution in [3.05, 3.63) is 17.0 Å². The Balaban J connectivity index is 2.81. The van der Waals surface area contributed by atoms with Gasteiger partial charge >= 0.3 is 6.18 Å². The van der Waals surface area contributed by atoms with Crippen molar-refractivity contribution in [3.63, 3.8) is 0 Å². The molecule has 0 atom stereocenters. The highest BCUT2D eigenvalue weighted by Crippen LogP contribution is 2.25. The van der Waals surface area contributed by atoms with E-state index >= 15 is 0 Å². The minimum Gasteiger partial charge on any atom is -0.367 e. The van der Waals surface area contributed by atoms with Gasteiger partial charge in [-0.05, 0) is 32.2 Å². The zero-order valence-corrected chi connectivity index (χ0v) is 12.9. The second-order valence-corrected chi connectivity index (χ2v) is 7.99. The molecule has 0 saturated carbocycles.